The van der Waals surface area contributed by atoms with Crippen LogP contribution in [-0.2, 0) is 0 Å². The minimum absolute atomic E-state index is 0.263. The van der Waals surface area contributed by atoms with Gasteiger partial charge in [-0.3, -0.25) is 70.8 Å². The standard InChI is InChI=1S/C20H11N7O16/c1-42-19-13(24(34)35)6-11(22(30)31)15(17(19)26(38)39)8-3-9(5-10(4-8)21(28)29)16-12(23(32)33)7-14(25(36)37)20(43-2)18(16)27(40)41/h3-7H,1-2H3. The molecule has 0 unspecified atom stereocenters. The number of methoxy groups -OCH3 is 2. The highest BCUT2D eigenvalue weighted by Crippen LogP contribution is 2.53. The topological polar surface area (TPSA) is 320 Å². The molecule has 0 spiro atoms. The highest BCUT2D eigenvalue weighted by molar-refractivity contribution is 5.95. The van der Waals surface area contributed by atoms with Crippen molar-refractivity contribution < 1.29 is 43.9 Å². The van der Waals surface area contributed by atoms with Crippen LogP contribution >= 0.6 is 0 Å². The summed E-state index contributed by atoms with van der Waals surface area (Å²) in [4.78, 5) is 73.9. The van der Waals surface area contributed by atoms with Crippen LogP contribution in [0.25, 0.3) is 22.3 Å². The van der Waals surface area contributed by atoms with Gasteiger partial charge in [0.05, 0.1) is 60.8 Å². The zero-order valence-corrected chi connectivity index (χ0v) is 21.0. The van der Waals surface area contributed by atoms with E-state index in [0.717, 1.165) is 14.2 Å². The third-order valence-electron chi connectivity index (χ3n) is 5.69. The summed E-state index contributed by atoms with van der Waals surface area (Å²) in [6.07, 6.45) is 0. The van der Waals surface area contributed by atoms with Crippen molar-refractivity contribution in [1.82, 2.24) is 0 Å². The van der Waals surface area contributed by atoms with Crippen molar-refractivity contribution in [2.75, 3.05) is 14.2 Å². The molecule has 43 heavy (non-hydrogen) atoms. The lowest BCUT2D eigenvalue weighted by Crippen LogP contribution is -2.06. The SMILES string of the molecule is COc1c([N+](=O)[O-])cc([N+](=O)[O-])c(-c2cc(-c3c([N+](=O)[O-])cc([N+](=O)[O-])c(OC)c3[N+](=O)[O-])cc([N+](=O)[O-])c2)c1[N+](=O)[O-]. The Kier molecular flexibility index (Phi) is 8.02. The number of benzene rings is 3. The molecule has 0 aliphatic rings. The maximum absolute atomic E-state index is 12.1. The fraction of sp³-hybridized carbons (Fsp3) is 0.100. The van der Waals surface area contributed by atoms with E-state index < -0.39 is 108 Å². The molecule has 0 aliphatic heterocycles. The highest BCUT2D eigenvalue weighted by Gasteiger charge is 2.42. The minimum atomic E-state index is -1.42. The third kappa shape index (κ3) is 5.30. The summed E-state index contributed by atoms with van der Waals surface area (Å²) in [5.74, 6) is -2.23. The predicted molar refractivity (Wildman–Crippen MR) is 137 cm³/mol. The normalized spacial score (nSPS) is 10.5. The van der Waals surface area contributed by atoms with Crippen LogP contribution < -0.4 is 9.47 Å². The first kappa shape index (κ1) is 30.6. The lowest BCUT2D eigenvalue weighted by atomic mass is 9.93. The van der Waals surface area contributed by atoms with Gasteiger partial charge in [0, 0.05) is 23.3 Å². The molecule has 222 valence electrons. The summed E-state index contributed by atoms with van der Waals surface area (Å²) in [5.41, 5.74) is -12.9. The van der Waals surface area contributed by atoms with Crippen LogP contribution in [-0.4, -0.2) is 48.7 Å². The van der Waals surface area contributed by atoms with Gasteiger partial charge in [-0.25, -0.2) is 0 Å². The van der Waals surface area contributed by atoms with E-state index in [0.29, 0.717) is 18.2 Å². The van der Waals surface area contributed by atoms with Crippen molar-refractivity contribution in [3.05, 3.63) is 101 Å². The second kappa shape index (κ2) is 11.3. The molecule has 3 aromatic rings. The number of non-ortho nitro benzene ring substituents is 1. The van der Waals surface area contributed by atoms with Crippen molar-refractivity contribution in [2.24, 2.45) is 0 Å². The molecule has 0 amide bonds. The number of nitrogens with zero attached hydrogens (tertiary/aromatic N) is 7. The molecular formula is C20H11N7O16. The molecule has 3 rings (SSSR count). The fourth-order valence-corrected chi connectivity index (χ4v) is 4.13. The van der Waals surface area contributed by atoms with E-state index in [4.69, 9.17) is 9.47 Å². The van der Waals surface area contributed by atoms with Crippen molar-refractivity contribution in [2.45, 2.75) is 0 Å². The van der Waals surface area contributed by atoms with Crippen LogP contribution in [0.3, 0.4) is 0 Å². The van der Waals surface area contributed by atoms with Gasteiger partial charge in [0.1, 0.15) is 11.1 Å². The Bertz CT molecular complexity index is 1680. The van der Waals surface area contributed by atoms with E-state index in [1.807, 2.05) is 0 Å². The van der Waals surface area contributed by atoms with Crippen molar-refractivity contribution in [3.8, 4) is 33.8 Å². The molecule has 0 atom stereocenters. The Labute approximate surface area is 233 Å². The summed E-state index contributed by atoms with van der Waals surface area (Å²) in [6.45, 7) is 0. The molecule has 0 aromatic heterocycles. The van der Waals surface area contributed by atoms with Gasteiger partial charge < -0.3 is 9.47 Å². The van der Waals surface area contributed by atoms with Crippen LogP contribution in [0.1, 0.15) is 0 Å². The highest BCUT2D eigenvalue weighted by atomic mass is 16.7. The first-order valence-corrected chi connectivity index (χ1v) is 10.7. The number of nitro groups is 7. The molecule has 0 saturated heterocycles. The van der Waals surface area contributed by atoms with Gasteiger partial charge in [-0.1, -0.05) is 0 Å². The number of nitro benzene ring substituents is 7. The molecule has 0 aliphatic carbocycles. The van der Waals surface area contributed by atoms with E-state index in [1.54, 1.807) is 0 Å². The maximum Gasteiger partial charge on any atom is 0.332 e. The summed E-state index contributed by atoms with van der Waals surface area (Å²) in [6, 6.07) is 2.17. The molecule has 0 N–H and O–H groups in total. The van der Waals surface area contributed by atoms with Crippen LogP contribution in [0.15, 0.2) is 30.3 Å². The lowest BCUT2D eigenvalue weighted by Gasteiger charge is -2.12. The monoisotopic (exact) mass is 605 g/mol. The van der Waals surface area contributed by atoms with Gasteiger partial charge in [0.15, 0.2) is 0 Å². The Balaban J connectivity index is 2.69. The largest absolute Gasteiger partial charge is 0.485 e. The lowest BCUT2D eigenvalue weighted by molar-refractivity contribution is -0.403. The molecule has 0 radical (unpaired) electrons. The van der Waals surface area contributed by atoms with Gasteiger partial charge in [-0.05, 0) is 6.07 Å². The van der Waals surface area contributed by atoms with Gasteiger partial charge in [-0.15, -0.1) is 0 Å². The summed E-state index contributed by atoms with van der Waals surface area (Å²) < 4.78 is 9.51. The first-order valence-electron chi connectivity index (χ1n) is 10.7. The zero-order valence-electron chi connectivity index (χ0n) is 21.0. The molecular weight excluding hydrogens is 594 g/mol. The van der Waals surface area contributed by atoms with Crippen LogP contribution in [0.4, 0.5) is 39.8 Å². The molecule has 0 saturated carbocycles. The Hall–Kier alpha value is -6.94. The smallest absolute Gasteiger partial charge is 0.332 e. The molecule has 0 bridgehead atoms. The second-order valence-corrected chi connectivity index (χ2v) is 7.91. The van der Waals surface area contributed by atoms with Crippen LogP contribution in [0.5, 0.6) is 11.5 Å². The zero-order chi connectivity index (χ0) is 32.5. The Morgan fingerprint density at radius 3 is 1.00 bits per heavy atom. The van der Waals surface area contributed by atoms with Crippen molar-refractivity contribution in [1.29, 1.82) is 0 Å². The van der Waals surface area contributed by atoms with Gasteiger partial charge in [-0.2, -0.15) is 0 Å². The number of hydrogen-bond donors (Lipinski definition) is 0. The Morgan fingerprint density at radius 1 is 0.442 bits per heavy atom. The van der Waals surface area contributed by atoms with E-state index in [2.05, 4.69) is 0 Å². The van der Waals surface area contributed by atoms with Crippen molar-refractivity contribution >= 4 is 39.8 Å². The molecule has 0 fully saturated rings. The Morgan fingerprint density at radius 2 is 0.767 bits per heavy atom. The quantitative estimate of drug-likeness (QED) is 0.216. The van der Waals surface area contributed by atoms with E-state index in [-0.39, 0.29) is 12.1 Å². The number of ether oxygens (including phenoxy) is 2. The average Bonchev–Trinajstić information content (AvgIpc) is 2.93. The summed E-state index contributed by atoms with van der Waals surface area (Å²) in [5, 5.41) is 82.8. The molecule has 23 nitrogen and oxygen atoms in total. The van der Waals surface area contributed by atoms with E-state index in [9.17, 15) is 70.8 Å². The number of rotatable bonds is 11. The van der Waals surface area contributed by atoms with E-state index >= 15 is 0 Å². The van der Waals surface area contributed by atoms with Gasteiger partial charge >= 0.3 is 22.7 Å². The average molecular weight is 605 g/mol. The fourth-order valence-electron chi connectivity index (χ4n) is 4.13. The maximum atomic E-state index is 12.1. The molecule has 0 heterocycles. The van der Waals surface area contributed by atoms with Crippen molar-refractivity contribution in [3.63, 3.8) is 0 Å². The number of hydrogen-bond acceptors (Lipinski definition) is 16. The first-order chi connectivity index (χ1) is 20.1. The van der Waals surface area contributed by atoms with Crippen LogP contribution in [0.2, 0.25) is 0 Å². The van der Waals surface area contributed by atoms with Crippen LogP contribution in [0, 0.1) is 70.8 Å². The van der Waals surface area contributed by atoms with Gasteiger partial charge in [0.2, 0.25) is 0 Å². The molecule has 23 heteroatoms. The van der Waals surface area contributed by atoms with Gasteiger partial charge in [0.25, 0.3) is 28.6 Å². The second-order valence-electron chi connectivity index (χ2n) is 7.91. The molecule has 3 aromatic carbocycles. The summed E-state index contributed by atoms with van der Waals surface area (Å²) >= 11 is 0. The van der Waals surface area contributed by atoms with E-state index in [1.165, 1.54) is 0 Å². The minimum Gasteiger partial charge on any atom is -0.485 e. The summed E-state index contributed by atoms with van der Waals surface area (Å²) in [7, 11) is 1.50. The predicted octanol–water partition coefficient (Wildman–Crippen LogP) is 4.40. The third-order valence-corrected chi connectivity index (χ3v) is 5.69.